The molecule has 1 aromatic rings. The molecule has 1 heterocycles. The Morgan fingerprint density at radius 1 is 1.75 bits per heavy atom. The van der Waals surface area contributed by atoms with Crippen LogP contribution in [0.25, 0.3) is 0 Å². The van der Waals surface area contributed by atoms with Crippen molar-refractivity contribution >= 4 is 0 Å². The molecule has 1 N–H and O–H groups in total. The zero-order valence-electron chi connectivity index (χ0n) is 7.27. The number of imidazole rings is 1. The second-order valence-electron chi connectivity index (χ2n) is 3.51. The van der Waals surface area contributed by atoms with Crippen molar-refractivity contribution in [2.45, 2.75) is 31.7 Å². The van der Waals surface area contributed by atoms with E-state index in [4.69, 9.17) is 5.11 Å². The fourth-order valence-electron chi connectivity index (χ4n) is 1.45. The number of aromatic nitrogens is 2. The molecule has 0 bridgehead atoms. The van der Waals surface area contributed by atoms with Crippen LogP contribution in [0.5, 0.6) is 0 Å². The summed E-state index contributed by atoms with van der Waals surface area (Å²) in [6.07, 6.45) is 6.36. The van der Waals surface area contributed by atoms with E-state index in [1.807, 2.05) is 19.3 Å². The molecule has 1 saturated carbocycles. The highest BCUT2D eigenvalue weighted by Crippen LogP contribution is 2.36. The average Bonchev–Trinajstić information content (AvgIpc) is 2.83. The average molecular weight is 166 g/mol. The Morgan fingerprint density at radius 3 is 3.08 bits per heavy atom. The van der Waals surface area contributed by atoms with Crippen LogP contribution in [0.3, 0.4) is 0 Å². The Balaban J connectivity index is 2.23. The van der Waals surface area contributed by atoms with Crippen LogP contribution in [-0.2, 0) is 0 Å². The van der Waals surface area contributed by atoms with E-state index in [2.05, 4.69) is 9.55 Å². The third-order valence-corrected chi connectivity index (χ3v) is 2.35. The SMILES string of the molecule is CC(CO)c1nccn1C1CC1. The minimum Gasteiger partial charge on any atom is -0.396 e. The van der Waals surface area contributed by atoms with Crippen molar-refractivity contribution < 1.29 is 5.11 Å². The summed E-state index contributed by atoms with van der Waals surface area (Å²) in [4.78, 5) is 4.25. The Labute approximate surface area is 72.0 Å². The molecule has 0 spiro atoms. The monoisotopic (exact) mass is 166 g/mol. The molecule has 0 aromatic carbocycles. The summed E-state index contributed by atoms with van der Waals surface area (Å²) in [6.45, 7) is 2.19. The summed E-state index contributed by atoms with van der Waals surface area (Å²) in [5, 5.41) is 8.98. The van der Waals surface area contributed by atoms with Gasteiger partial charge in [0.25, 0.3) is 0 Å². The van der Waals surface area contributed by atoms with Gasteiger partial charge in [-0.25, -0.2) is 4.98 Å². The highest BCUT2D eigenvalue weighted by atomic mass is 16.3. The van der Waals surface area contributed by atoms with E-state index in [9.17, 15) is 0 Å². The minimum absolute atomic E-state index is 0.167. The number of hydrogen-bond donors (Lipinski definition) is 1. The van der Waals surface area contributed by atoms with Crippen LogP contribution in [-0.4, -0.2) is 21.3 Å². The van der Waals surface area contributed by atoms with Crippen molar-refractivity contribution in [1.29, 1.82) is 0 Å². The number of aliphatic hydroxyl groups excluding tert-OH is 1. The predicted octanol–water partition coefficient (Wildman–Crippen LogP) is 1.31. The van der Waals surface area contributed by atoms with E-state index in [-0.39, 0.29) is 12.5 Å². The largest absolute Gasteiger partial charge is 0.396 e. The van der Waals surface area contributed by atoms with Gasteiger partial charge >= 0.3 is 0 Å². The zero-order valence-corrected chi connectivity index (χ0v) is 7.27. The number of aliphatic hydroxyl groups is 1. The van der Waals surface area contributed by atoms with Crippen molar-refractivity contribution in [3.05, 3.63) is 18.2 Å². The van der Waals surface area contributed by atoms with E-state index < -0.39 is 0 Å². The second-order valence-corrected chi connectivity index (χ2v) is 3.51. The van der Waals surface area contributed by atoms with Gasteiger partial charge in [0.1, 0.15) is 5.82 Å². The van der Waals surface area contributed by atoms with Crippen molar-refractivity contribution in [3.63, 3.8) is 0 Å². The van der Waals surface area contributed by atoms with Crippen LogP contribution >= 0.6 is 0 Å². The second kappa shape index (κ2) is 2.90. The summed E-state index contributed by atoms with van der Waals surface area (Å²) in [6, 6.07) is 0.663. The van der Waals surface area contributed by atoms with Crippen molar-refractivity contribution in [3.8, 4) is 0 Å². The standard InChI is InChI=1S/C9H14N2O/c1-7(6-12)9-10-4-5-11(9)8-2-3-8/h4-5,7-8,12H,2-3,6H2,1H3. The van der Waals surface area contributed by atoms with Crippen LogP contribution in [0.1, 0.15) is 37.5 Å². The summed E-state index contributed by atoms with van der Waals surface area (Å²) < 4.78 is 2.20. The third kappa shape index (κ3) is 1.25. The first-order valence-corrected chi connectivity index (χ1v) is 4.46. The molecular weight excluding hydrogens is 152 g/mol. The molecule has 1 atom stereocenters. The molecule has 12 heavy (non-hydrogen) atoms. The van der Waals surface area contributed by atoms with Crippen LogP contribution < -0.4 is 0 Å². The summed E-state index contributed by atoms with van der Waals surface area (Å²) in [5.74, 6) is 1.20. The van der Waals surface area contributed by atoms with Gasteiger partial charge in [-0.3, -0.25) is 0 Å². The minimum atomic E-state index is 0.167. The van der Waals surface area contributed by atoms with Crippen LogP contribution in [0.4, 0.5) is 0 Å². The lowest BCUT2D eigenvalue weighted by molar-refractivity contribution is 0.266. The highest BCUT2D eigenvalue weighted by Gasteiger charge is 2.26. The molecule has 0 aliphatic heterocycles. The van der Waals surface area contributed by atoms with Gasteiger partial charge in [0.05, 0.1) is 6.61 Å². The maximum absolute atomic E-state index is 8.98. The molecule has 0 amide bonds. The number of rotatable bonds is 3. The quantitative estimate of drug-likeness (QED) is 0.735. The molecule has 3 nitrogen and oxygen atoms in total. The van der Waals surface area contributed by atoms with Crippen molar-refractivity contribution in [2.75, 3.05) is 6.61 Å². The summed E-state index contributed by atoms with van der Waals surface area (Å²) >= 11 is 0. The maximum Gasteiger partial charge on any atom is 0.114 e. The number of hydrogen-bond acceptors (Lipinski definition) is 2. The molecule has 1 aliphatic rings. The van der Waals surface area contributed by atoms with E-state index in [0.717, 1.165) is 5.82 Å². The van der Waals surface area contributed by atoms with E-state index >= 15 is 0 Å². The molecule has 2 rings (SSSR count). The molecule has 1 unspecified atom stereocenters. The first kappa shape index (κ1) is 7.80. The summed E-state index contributed by atoms with van der Waals surface area (Å²) in [7, 11) is 0. The lowest BCUT2D eigenvalue weighted by Gasteiger charge is -2.10. The van der Waals surface area contributed by atoms with Crippen LogP contribution in [0.15, 0.2) is 12.4 Å². The first-order chi connectivity index (χ1) is 5.83. The van der Waals surface area contributed by atoms with Crippen molar-refractivity contribution in [2.24, 2.45) is 0 Å². The summed E-state index contributed by atoms with van der Waals surface area (Å²) in [5.41, 5.74) is 0. The molecule has 1 fully saturated rings. The van der Waals surface area contributed by atoms with Gasteiger partial charge < -0.3 is 9.67 Å². The van der Waals surface area contributed by atoms with Gasteiger partial charge in [-0.2, -0.15) is 0 Å². The molecular formula is C9H14N2O. The molecule has 3 heteroatoms. The van der Waals surface area contributed by atoms with Gasteiger partial charge in [-0.05, 0) is 12.8 Å². The fourth-order valence-corrected chi connectivity index (χ4v) is 1.45. The molecule has 66 valence electrons. The predicted molar refractivity (Wildman–Crippen MR) is 46.0 cm³/mol. The molecule has 1 aromatic heterocycles. The van der Waals surface area contributed by atoms with Gasteiger partial charge in [0.2, 0.25) is 0 Å². The molecule has 0 saturated heterocycles. The molecule has 0 radical (unpaired) electrons. The van der Waals surface area contributed by atoms with Gasteiger partial charge in [-0.15, -0.1) is 0 Å². The fraction of sp³-hybridized carbons (Fsp3) is 0.667. The van der Waals surface area contributed by atoms with Gasteiger partial charge in [-0.1, -0.05) is 6.92 Å². The lowest BCUT2D eigenvalue weighted by atomic mass is 10.2. The smallest absolute Gasteiger partial charge is 0.114 e. The van der Waals surface area contributed by atoms with E-state index in [1.54, 1.807) is 0 Å². The van der Waals surface area contributed by atoms with Crippen LogP contribution in [0.2, 0.25) is 0 Å². The Hall–Kier alpha value is -0.830. The van der Waals surface area contributed by atoms with Gasteiger partial charge in [0.15, 0.2) is 0 Å². The van der Waals surface area contributed by atoms with Crippen LogP contribution in [0, 0.1) is 0 Å². The first-order valence-electron chi connectivity index (χ1n) is 4.46. The zero-order chi connectivity index (χ0) is 8.55. The topological polar surface area (TPSA) is 38.1 Å². The Kier molecular flexibility index (Phi) is 1.89. The molecule has 1 aliphatic carbocycles. The Bertz CT molecular complexity index is 265. The normalized spacial score (nSPS) is 19.5. The van der Waals surface area contributed by atoms with Crippen molar-refractivity contribution in [1.82, 2.24) is 9.55 Å². The van der Waals surface area contributed by atoms with E-state index in [1.165, 1.54) is 12.8 Å². The number of nitrogens with zero attached hydrogens (tertiary/aromatic N) is 2. The highest BCUT2D eigenvalue weighted by molar-refractivity contribution is 5.03. The third-order valence-electron chi connectivity index (χ3n) is 2.35. The van der Waals surface area contributed by atoms with E-state index in [0.29, 0.717) is 6.04 Å². The Morgan fingerprint density at radius 2 is 2.50 bits per heavy atom. The maximum atomic E-state index is 8.98. The lowest BCUT2D eigenvalue weighted by Crippen LogP contribution is -2.08. The van der Waals surface area contributed by atoms with Gasteiger partial charge in [0, 0.05) is 24.4 Å².